The van der Waals surface area contributed by atoms with Crippen molar-refractivity contribution in [3.05, 3.63) is 70.8 Å². The minimum atomic E-state index is -4.52. The van der Waals surface area contributed by atoms with Crippen LogP contribution in [0.3, 0.4) is 0 Å². The first-order valence-electron chi connectivity index (χ1n) is 10.3. The maximum atomic E-state index is 13.0. The zero-order valence-corrected chi connectivity index (χ0v) is 17.9. The average molecular weight is 443 g/mol. The fourth-order valence-electron chi connectivity index (χ4n) is 3.56. The molecule has 1 amide bonds. The molecule has 1 N–H and O–H groups in total. The largest absolute Gasteiger partial charge is 0.416 e. The van der Waals surface area contributed by atoms with E-state index in [1.807, 2.05) is 0 Å². The molecule has 2 aromatic carbocycles. The quantitative estimate of drug-likeness (QED) is 0.559. The van der Waals surface area contributed by atoms with Crippen molar-refractivity contribution < 1.29 is 27.9 Å². The van der Waals surface area contributed by atoms with Gasteiger partial charge in [0.25, 0.3) is 5.91 Å². The van der Waals surface area contributed by atoms with Crippen LogP contribution in [0.5, 0.6) is 0 Å². The van der Waals surface area contributed by atoms with Crippen LogP contribution in [-0.2, 0) is 6.18 Å². The SMILES string of the molecule is CC(C)(O)C#Cc1ccc(C(=O)N2CCC[C@@H](C(=O)c3cccc(C(F)(F)F)c3)C2)cc1. The van der Waals surface area contributed by atoms with Crippen molar-refractivity contribution in [2.24, 2.45) is 5.92 Å². The van der Waals surface area contributed by atoms with E-state index < -0.39 is 23.3 Å². The van der Waals surface area contributed by atoms with Gasteiger partial charge in [0.2, 0.25) is 0 Å². The van der Waals surface area contributed by atoms with Gasteiger partial charge in [-0.25, -0.2) is 0 Å². The third kappa shape index (κ3) is 5.98. The van der Waals surface area contributed by atoms with Crippen molar-refractivity contribution in [1.29, 1.82) is 0 Å². The summed E-state index contributed by atoms with van der Waals surface area (Å²) in [6.07, 6.45) is -3.41. The van der Waals surface area contributed by atoms with Gasteiger partial charge in [0.15, 0.2) is 5.78 Å². The van der Waals surface area contributed by atoms with E-state index in [4.69, 9.17) is 0 Å². The fourth-order valence-corrected chi connectivity index (χ4v) is 3.56. The molecule has 0 spiro atoms. The highest BCUT2D eigenvalue weighted by molar-refractivity contribution is 5.99. The molecule has 3 rings (SSSR count). The van der Waals surface area contributed by atoms with E-state index in [0.717, 1.165) is 12.1 Å². The van der Waals surface area contributed by atoms with Crippen molar-refractivity contribution in [1.82, 2.24) is 4.90 Å². The van der Waals surface area contributed by atoms with Gasteiger partial charge in [-0.1, -0.05) is 24.0 Å². The number of hydrogen-bond donors (Lipinski definition) is 1. The first kappa shape index (κ1) is 23.6. The summed E-state index contributed by atoms with van der Waals surface area (Å²) in [7, 11) is 0. The standard InChI is InChI=1S/C25H24F3NO3/c1-24(2,32)13-12-17-8-10-18(11-9-17)23(31)29-14-4-6-20(16-29)22(30)19-5-3-7-21(15-19)25(26,27)28/h3,5,7-11,15,20,32H,4,6,14,16H2,1-2H3/t20-/m1/s1. The van der Waals surface area contributed by atoms with Gasteiger partial charge in [-0.3, -0.25) is 9.59 Å². The second-order valence-corrected chi connectivity index (χ2v) is 8.42. The molecule has 1 fully saturated rings. The highest BCUT2D eigenvalue weighted by Crippen LogP contribution is 2.31. The minimum Gasteiger partial charge on any atom is -0.378 e. The summed E-state index contributed by atoms with van der Waals surface area (Å²) in [4.78, 5) is 27.3. The number of rotatable bonds is 3. The van der Waals surface area contributed by atoms with Crippen LogP contribution in [0, 0.1) is 17.8 Å². The summed E-state index contributed by atoms with van der Waals surface area (Å²) in [6, 6.07) is 11.0. The molecule has 0 saturated carbocycles. The van der Waals surface area contributed by atoms with E-state index in [0.29, 0.717) is 30.5 Å². The number of halogens is 3. The van der Waals surface area contributed by atoms with Crippen LogP contribution in [0.2, 0.25) is 0 Å². The monoisotopic (exact) mass is 443 g/mol. The predicted molar refractivity (Wildman–Crippen MR) is 114 cm³/mol. The lowest BCUT2D eigenvalue weighted by Gasteiger charge is -2.32. The van der Waals surface area contributed by atoms with Crippen LogP contribution in [0.25, 0.3) is 0 Å². The molecule has 7 heteroatoms. The van der Waals surface area contributed by atoms with Crippen LogP contribution < -0.4 is 0 Å². The maximum Gasteiger partial charge on any atom is 0.416 e. The lowest BCUT2D eigenvalue weighted by Crippen LogP contribution is -2.42. The Kier molecular flexibility index (Phi) is 6.75. The predicted octanol–water partition coefficient (Wildman–Crippen LogP) is 4.56. The molecule has 32 heavy (non-hydrogen) atoms. The summed E-state index contributed by atoms with van der Waals surface area (Å²) < 4.78 is 38.9. The van der Waals surface area contributed by atoms with Crippen molar-refractivity contribution >= 4 is 11.7 Å². The molecule has 1 saturated heterocycles. The van der Waals surface area contributed by atoms with Crippen molar-refractivity contribution in [2.45, 2.75) is 38.5 Å². The third-order valence-corrected chi connectivity index (χ3v) is 5.20. The molecule has 0 radical (unpaired) electrons. The normalized spacial score (nSPS) is 16.8. The number of likely N-dealkylation sites (tertiary alicyclic amines) is 1. The van der Waals surface area contributed by atoms with E-state index in [-0.39, 0.29) is 23.8 Å². The molecule has 1 aliphatic heterocycles. The van der Waals surface area contributed by atoms with Crippen molar-refractivity contribution in [3.63, 3.8) is 0 Å². The zero-order valence-electron chi connectivity index (χ0n) is 17.9. The minimum absolute atomic E-state index is 0.00820. The highest BCUT2D eigenvalue weighted by atomic mass is 19.4. The Labute approximate surface area is 185 Å². The Hall–Kier alpha value is -3.11. The third-order valence-electron chi connectivity index (χ3n) is 5.20. The molecular formula is C25H24F3NO3. The van der Waals surface area contributed by atoms with Crippen molar-refractivity contribution in [2.75, 3.05) is 13.1 Å². The number of nitrogens with zero attached hydrogens (tertiary/aromatic N) is 1. The number of Topliss-reactive ketones (excluding diaryl/α,β-unsaturated/α-hetero) is 1. The van der Waals surface area contributed by atoms with Crippen LogP contribution in [0.4, 0.5) is 13.2 Å². The molecule has 1 aliphatic rings. The number of ketones is 1. The lowest BCUT2D eigenvalue weighted by atomic mass is 9.89. The number of amides is 1. The molecule has 4 nitrogen and oxygen atoms in total. The summed E-state index contributed by atoms with van der Waals surface area (Å²) >= 11 is 0. The molecule has 0 aromatic heterocycles. The Bertz CT molecular complexity index is 1060. The number of benzene rings is 2. The topological polar surface area (TPSA) is 57.6 Å². The molecule has 1 atom stereocenters. The summed E-state index contributed by atoms with van der Waals surface area (Å²) in [5.74, 6) is 4.36. The summed E-state index contributed by atoms with van der Waals surface area (Å²) in [5, 5.41) is 9.68. The Morgan fingerprint density at radius 1 is 1.06 bits per heavy atom. The lowest BCUT2D eigenvalue weighted by molar-refractivity contribution is -0.137. The first-order valence-corrected chi connectivity index (χ1v) is 10.3. The van der Waals surface area contributed by atoms with Crippen molar-refractivity contribution in [3.8, 4) is 11.8 Å². The first-order chi connectivity index (χ1) is 14.9. The molecule has 1 heterocycles. The fraction of sp³-hybridized carbons (Fsp3) is 0.360. The van der Waals surface area contributed by atoms with Gasteiger partial charge >= 0.3 is 6.18 Å². The van der Waals surface area contributed by atoms with E-state index in [1.165, 1.54) is 12.1 Å². The van der Waals surface area contributed by atoms with Crippen LogP contribution >= 0.6 is 0 Å². The molecule has 0 unspecified atom stereocenters. The smallest absolute Gasteiger partial charge is 0.378 e. The number of alkyl halides is 3. The number of piperidine rings is 1. The van der Waals surface area contributed by atoms with E-state index >= 15 is 0 Å². The molecular weight excluding hydrogens is 419 g/mol. The van der Waals surface area contributed by atoms with Gasteiger partial charge < -0.3 is 10.0 Å². The maximum absolute atomic E-state index is 13.0. The zero-order chi connectivity index (χ0) is 23.5. The van der Waals surface area contributed by atoms with Gasteiger partial charge in [0.1, 0.15) is 5.60 Å². The number of carbonyl (C=O) groups is 2. The van der Waals surface area contributed by atoms with Crippen LogP contribution in [0.15, 0.2) is 48.5 Å². The van der Waals surface area contributed by atoms with Gasteiger partial charge in [0, 0.05) is 35.7 Å². The second kappa shape index (κ2) is 9.17. The summed E-state index contributed by atoms with van der Waals surface area (Å²) in [5.41, 5.74) is -0.886. The Morgan fingerprint density at radius 2 is 1.75 bits per heavy atom. The molecule has 2 aromatic rings. The second-order valence-electron chi connectivity index (χ2n) is 8.42. The van der Waals surface area contributed by atoms with E-state index in [9.17, 15) is 27.9 Å². The number of carbonyl (C=O) groups excluding carboxylic acids is 2. The van der Waals surface area contributed by atoms with Gasteiger partial charge in [-0.15, -0.1) is 0 Å². The van der Waals surface area contributed by atoms with Crippen LogP contribution in [-0.4, -0.2) is 40.4 Å². The van der Waals surface area contributed by atoms with Crippen LogP contribution in [0.1, 0.15) is 58.5 Å². The molecule has 0 aliphatic carbocycles. The highest BCUT2D eigenvalue weighted by Gasteiger charge is 2.33. The number of aliphatic hydroxyl groups is 1. The van der Waals surface area contributed by atoms with Gasteiger partial charge in [-0.2, -0.15) is 13.2 Å². The average Bonchev–Trinajstić information content (AvgIpc) is 2.76. The summed E-state index contributed by atoms with van der Waals surface area (Å²) in [6.45, 7) is 3.79. The van der Waals surface area contributed by atoms with E-state index in [2.05, 4.69) is 11.8 Å². The Balaban J connectivity index is 1.71. The van der Waals surface area contributed by atoms with Gasteiger partial charge in [0.05, 0.1) is 5.56 Å². The molecule has 168 valence electrons. The Morgan fingerprint density at radius 3 is 2.38 bits per heavy atom. The number of hydrogen-bond acceptors (Lipinski definition) is 3. The molecule has 0 bridgehead atoms. The van der Waals surface area contributed by atoms with E-state index in [1.54, 1.807) is 43.0 Å². The van der Waals surface area contributed by atoms with Gasteiger partial charge in [-0.05, 0) is 63.1 Å².